The molecule has 4 heterocycles. The van der Waals surface area contributed by atoms with Crippen molar-refractivity contribution in [2.24, 2.45) is 11.1 Å². The Labute approximate surface area is 199 Å². The third kappa shape index (κ3) is 3.51. The van der Waals surface area contributed by atoms with Gasteiger partial charge in [-0.25, -0.2) is 9.97 Å². The molecule has 2 saturated heterocycles. The summed E-state index contributed by atoms with van der Waals surface area (Å²) in [6.45, 7) is 4.23. The van der Waals surface area contributed by atoms with Crippen LogP contribution in [0.5, 0.6) is 0 Å². The zero-order valence-electron chi connectivity index (χ0n) is 17.3. The van der Waals surface area contributed by atoms with Crippen molar-refractivity contribution in [2.45, 2.75) is 41.7 Å². The van der Waals surface area contributed by atoms with E-state index in [0.29, 0.717) is 33.1 Å². The fourth-order valence-corrected chi connectivity index (χ4v) is 5.98. The van der Waals surface area contributed by atoms with Crippen LogP contribution in [0.3, 0.4) is 0 Å². The van der Waals surface area contributed by atoms with E-state index in [1.165, 1.54) is 18.1 Å². The fraction of sp³-hybridized carbons (Fsp3) is 0.429. The Balaban J connectivity index is 1.49. The van der Waals surface area contributed by atoms with Gasteiger partial charge in [0.2, 0.25) is 5.95 Å². The van der Waals surface area contributed by atoms with Crippen LogP contribution in [0.2, 0.25) is 10.0 Å². The number of hydrogen-bond donors (Lipinski definition) is 1. The van der Waals surface area contributed by atoms with E-state index in [1.54, 1.807) is 10.6 Å². The molecule has 2 unspecified atom stereocenters. The summed E-state index contributed by atoms with van der Waals surface area (Å²) in [5.74, 6) is 0.603. The average Bonchev–Trinajstić information content (AvgIpc) is 3.39. The van der Waals surface area contributed by atoms with Gasteiger partial charge in [0.1, 0.15) is 12.4 Å². The number of nitrogens with zero attached hydrogens (tertiary/aromatic N) is 6. The standard InChI is InChI=1S/C21H21Cl2N7OS/c1-12-18(25)21(10-31-12)5-7-29(8-6-21)20-28-14(9-24)17(19-26-11-27-30(19)20)32-15-4-2-3-13(22)16(15)23/h2-4,11-12,18H,5-8,10,25H2,1H3. The average molecular weight is 490 g/mol. The van der Waals surface area contributed by atoms with Crippen LogP contribution < -0.4 is 10.6 Å². The summed E-state index contributed by atoms with van der Waals surface area (Å²) in [4.78, 5) is 12.6. The first-order valence-corrected chi connectivity index (χ1v) is 11.9. The number of anilines is 1. The third-order valence-electron chi connectivity index (χ3n) is 6.49. The summed E-state index contributed by atoms with van der Waals surface area (Å²) in [6, 6.07) is 7.62. The molecule has 8 nitrogen and oxygen atoms in total. The van der Waals surface area contributed by atoms with Crippen LogP contribution in [0.25, 0.3) is 5.65 Å². The predicted octanol–water partition coefficient (Wildman–Crippen LogP) is 3.79. The van der Waals surface area contributed by atoms with Crippen LogP contribution in [0.1, 0.15) is 25.5 Å². The maximum absolute atomic E-state index is 9.88. The van der Waals surface area contributed by atoms with Gasteiger partial charge in [-0.2, -0.15) is 14.9 Å². The number of halogens is 2. The molecule has 2 fully saturated rings. The number of nitrogens with two attached hydrogens (primary N) is 1. The molecule has 0 aliphatic carbocycles. The van der Waals surface area contributed by atoms with Crippen LogP contribution in [-0.2, 0) is 4.74 Å². The molecule has 1 aromatic carbocycles. The summed E-state index contributed by atoms with van der Waals surface area (Å²) < 4.78 is 7.52. The first kappa shape index (κ1) is 21.7. The van der Waals surface area contributed by atoms with Crippen molar-refractivity contribution in [1.82, 2.24) is 19.6 Å². The topological polar surface area (TPSA) is 105 Å². The second-order valence-electron chi connectivity index (χ2n) is 8.24. The van der Waals surface area contributed by atoms with E-state index in [9.17, 15) is 5.26 Å². The molecule has 166 valence electrons. The molecule has 0 bridgehead atoms. The number of aromatic nitrogens is 4. The maximum atomic E-state index is 9.88. The molecule has 2 aliphatic rings. The van der Waals surface area contributed by atoms with Gasteiger partial charge in [0.25, 0.3) is 0 Å². The minimum atomic E-state index is -0.00538. The van der Waals surface area contributed by atoms with Crippen LogP contribution in [0.15, 0.2) is 34.3 Å². The first-order chi connectivity index (χ1) is 15.4. The van der Waals surface area contributed by atoms with Crippen molar-refractivity contribution < 1.29 is 4.74 Å². The van der Waals surface area contributed by atoms with E-state index in [2.05, 4.69) is 26.0 Å². The monoisotopic (exact) mass is 489 g/mol. The van der Waals surface area contributed by atoms with Crippen molar-refractivity contribution in [2.75, 3.05) is 24.6 Å². The second-order valence-corrected chi connectivity index (χ2v) is 10.1. The van der Waals surface area contributed by atoms with Crippen LogP contribution >= 0.6 is 35.0 Å². The van der Waals surface area contributed by atoms with Crippen molar-refractivity contribution >= 4 is 46.6 Å². The lowest BCUT2D eigenvalue weighted by atomic mass is 9.73. The summed E-state index contributed by atoms with van der Waals surface area (Å²) in [5, 5.41) is 15.1. The molecule has 2 N–H and O–H groups in total. The smallest absolute Gasteiger partial charge is 0.229 e. The van der Waals surface area contributed by atoms with Crippen LogP contribution in [0.4, 0.5) is 5.95 Å². The van der Waals surface area contributed by atoms with E-state index in [4.69, 9.17) is 33.7 Å². The summed E-state index contributed by atoms with van der Waals surface area (Å²) in [7, 11) is 0. The van der Waals surface area contributed by atoms with E-state index >= 15 is 0 Å². The highest BCUT2D eigenvalue weighted by Crippen LogP contribution is 2.43. The zero-order chi connectivity index (χ0) is 22.5. The molecule has 2 aliphatic heterocycles. The van der Waals surface area contributed by atoms with Crippen molar-refractivity contribution in [1.29, 1.82) is 5.26 Å². The van der Waals surface area contributed by atoms with E-state index in [1.807, 2.05) is 19.1 Å². The molecule has 5 rings (SSSR count). The van der Waals surface area contributed by atoms with Crippen molar-refractivity contribution in [3.05, 3.63) is 40.3 Å². The highest BCUT2D eigenvalue weighted by Gasteiger charge is 2.48. The minimum absolute atomic E-state index is 0.00538. The molecule has 32 heavy (non-hydrogen) atoms. The van der Waals surface area contributed by atoms with Gasteiger partial charge in [0.15, 0.2) is 11.3 Å². The quantitative estimate of drug-likeness (QED) is 0.592. The normalized spacial score (nSPS) is 22.5. The van der Waals surface area contributed by atoms with Gasteiger partial charge in [-0.1, -0.05) is 41.0 Å². The van der Waals surface area contributed by atoms with Crippen molar-refractivity contribution in [3.8, 4) is 6.07 Å². The van der Waals surface area contributed by atoms with E-state index < -0.39 is 0 Å². The Morgan fingerprint density at radius 3 is 2.78 bits per heavy atom. The molecule has 0 amide bonds. The number of hydrogen-bond acceptors (Lipinski definition) is 8. The maximum Gasteiger partial charge on any atom is 0.229 e. The Morgan fingerprint density at radius 2 is 2.09 bits per heavy atom. The number of nitriles is 1. The van der Waals surface area contributed by atoms with Gasteiger partial charge in [-0.3, -0.25) is 0 Å². The SMILES string of the molecule is CC1OCC2(CCN(c3nc(C#N)c(Sc4cccc(Cl)c4Cl)c4ncnn34)CC2)C1N. The molecule has 11 heteroatoms. The lowest BCUT2D eigenvalue weighted by Gasteiger charge is -2.41. The molecule has 2 atom stereocenters. The molecule has 0 saturated carbocycles. The number of ether oxygens (including phenoxy) is 1. The Hall–Kier alpha value is -2.09. The van der Waals surface area contributed by atoms with Crippen LogP contribution in [-0.4, -0.2) is 51.4 Å². The Bertz CT molecular complexity index is 1220. The molecular weight excluding hydrogens is 469 g/mol. The molecular formula is C21H21Cl2N7OS. The minimum Gasteiger partial charge on any atom is -0.376 e. The second kappa shape index (κ2) is 8.36. The van der Waals surface area contributed by atoms with Gasteiger partial charge in [0.05, 0.1) is 27.7 Å². The number of benzene rings is 1. The highest BCUT2D eigenvalue weighted by atomic mass is 35.5. The lowest BCUT2D eigenvalue weighted by Crippen LogP contribution is -2.51. The lowest BCUT2D eigenvalue weighted by molar-refractivity contribution is 0.0973. The fourth-order valence-electron chi connectivity index (χ4n) is 4.52. The highest BCUT2D eigenvalue weighted by molar-refractivity contribution is 7.99. The molecule has 2 aromatic heterocycles. The van der Waals surface area contributed by atoms with Gasteiger partial charge >= 0.3 is 0 Å². The first-order valence-electron chi connectivity index (χ1n) is 10.3. The molecule has 3 aromatic rings. The van der Waals surface area contributed by atoms with Gasteiger partial charge in [0, 0.05) is 29.4 Å². The van der Waals surface area contributed by atoms with Crippen LogP contribution in [0, 0.1) is 16.7 Å². The van der Waals surface area contributed by atoms with Gasteiger partial charge < -0.3 is 15.4 Å². The zero-order valence-corrected chi connectivity index (χ0v) is 19.7. The summed E-state index contributed by atoms with van der Waals surface area (Å²) >= 11 is 13.8. The largest absolute Gasteiger partial charge is 0.376 e. The van der Waals surface area contributed by atoms with E-state index in [-0.39, 0.29) is 23.3 Å². The van der Waals surface area contributed by atoms with Gasteiger partial charge in [-0.05, 0) is 31.9 Å². The Morgan fingerprint density at radius 1 is 1.31 bits per heavy atom. The predicted molar refractivity (Wildman–Crippen MR) is 123 cm³/mol. The van der Waals surface area contributed by atoms with E-state index in [0.717, 1.165) is 30.8 Å². The summed E-state index contributed by atoms with van der Waals surface area (Å²) in [6.07, 6.45) is 3.33. The summed E-state index contributed by atoms with van der Waals surface area (Å²) in [5.41, 5.74) is 7.28. The number of piperidine rings is 1. The van der Waals surface area contributed by atoms with Crippen molar-refractivity contribution in [3.63, 3.8) is 0 Å². The van der Waals surface area contributed by atoms with Gasteiger partial charge in [-0.15, -0.1) is 0 Å². The molecule has 1 spiro atoms. The third-order valence-corrected chi connectivity index (χ3v) is 8.56. The Kier molecular flexibility index (Phi) is 5.68. The molecule has 0 radical (unpaired) electrons. The number of rotatable bonds is 3. The number of fused-ring (bicyclic) bond motifs is 1.